The second kappa shape index (κ2) is 4.21. The van der Waals surface area contributed by atoms with Gasteiger partial charge in [-0.1, -0.05) is 0 Å². The van der Waals surface area contributed by atoms with Crippen molar-refractivity contribution in [1.29, 1.82) is 0 Å². The van der Waals surface area contributed by atoms with Gasteiger partial charge in [-0.15, -0.1) is 0 Å². The third-order valence-corrected chi connectivity index (χ3v) is 2.61. The van der Waals surface area contributed by atoms with Crippen molar-refractivity contribution in [1.82, 2.24) is 4.90 Å². The second-order valence-corrected chi connectivity index (χ2v) is 4.27. The van der Waals surface area contributed by atoms with Crippen LogP contribution in [-0.4, -0.2) is 47.2 Å². The van der Waals surface area contributed by atoms with Gasteiger partial charge in [0.2, 0.25) is 0 Å². The van der Waals surface area contributed by atoms with Crippen LogP contribution < -0.4 is 0 Å². The van der Waals surface area contributed by atoms with Crippen molar-refractivity contribution in [2.24, 2.45) is 0 Å². The molecule has 6 heteroatoms. The van der Waals surface area contributed by atoms with Gasteiger partial charge in [-0.2, -0.15) is 0 Å². The zero-order valence-corrected chi connectivity index (χ0v) is 9.38. The van der Waals surface area contributed by atoms with Gasteiger partial charge in [-0.25, -0.2) is 4.79 Å². The van der Waals surface area contributed by atoms with Gasteiger partial charge in [0, 0.05) is 0 Å². The molecule has 0 atom stereocenters. The molecule has 0 bridgehead atoms. The Balaban J connectivity index is 1.86. The van der Waals surface area contributed by atoms with Gasteiger partial charge in [0.15, 0.2) is 5.76 Å². The van der Waals surface area contributed by atoms with E-state index in [2.05, 4.69) is 0 Å². The Labute approximate surface area is 97.8 Å². The van der Waals surface area contributed by atoms with Gasteiger partial charge in [-0.3, -0.25) is 4.79 Å². The normalized spacial score (nSPS) is 17.6. The first-order chi connectivity index (χ1) is 8.00. The Morgan fingerprint density at radius 1 is 1.59 bits per heavy atom. The van der Waals surface area contributed by atoms with Crippen molar-refractivity contribution in [3.63, 3.8) is 0 Å². The summed E-state index contributed by atoms with van der Waals surface area (Å²) in [7, 11) is 0. The number of hydrogen-bond donors (Lipinski definition) is 1. The molecule has 92 valence electrons. The molecule has 1 aromatic rings. The van der Waals surface area contributed by atoms with Crippen LogP contribution in [0.25, 0.3) is 0 Å². The molecular formula is C11H13NO5. The van der Waals surface area contributed by atoms with E-state index in [-0.39, 0.29) is 18.3 Å². The summed E-state index contributed by atoms with van der Waals surface area (Å²) in [4.78, 5) is 23.7. The van der Waals surface area contributed by atoms with Crippen molar-refractivity contribution in [2.75, 3.05) is 19.7 Å². The maximum atomic E-state index is 11.8. The van der Waals surface area contributed by atoms with Crippen LogP contribution >= 0.6 is 0 Å². The lowest BCUT2D eigenvalue weighted by Gasteiger charge is -2.46. The molecule has 1 N–H and O–H groups in total. The SMILES string of the molecule is CC1(OCC(=O)O)CN(C(=O)c2ccco2)C1. The van der Waals surface area contributed by atoms with Gasteiger partial charge in [0.1, 0.15) is 12.2 Å². The average Bonchev–Trinajstić information content (AvgIpc) is 2.74. The second-order valence-electron chi connectivity index (χ2n) is 4.27. The van der Waals surface area contributed by atoms with Crippen LogP contribution in [0.15, 0.2) is 22.8 Å². The number of rotatable bonds is 4. The van der Waals surface area contributed by atoms with E-state index >= 15 is 0 Å². The fourth-order valence-electron chi connectivity index (χ4n) is 1.79. The van der Waals surface area contributed by atoms with Crippen LogP contribution in [0.2, 0.25) is 0 Å². The van der Waals surface area contributed by atoms with Crippen LogP contribution in [0.1, 0.15) is 17.5 Å². The summed E-state index contributed by atoms with van der Waals surface area (Å²) in [6, 6.07) is 3.24. The summed E-state index contributed by atoms with van der Waals surface area (Å²) >= 11 is 0. The molecule has 1 saturated heterocycles. The highest BCUT2D eigenvalue weighted by Crippen LogP contribution is 2.26. The lowest BCUT2D eigenvalue weighted by Crippen LogP contribution is -2.63. The minimum absolute atomic E-state index is 0.202. The van der Waals surface area contributed by atoms with Crippen LogP contribution in [-0.2, 0) is 9.53 Å². The number of furan rings is 1. The molecule has 1 aliphatic rings. The predicted molar refractivity (Wildman–Crippen MR) is 56.6 cm³/mol. The first-order valence-electron chi connectivity index (χ1n) is 5.19. The molecule has 0 spiro atoms. The van der Waals surface area contributed by atoms with E-state index in [0.717, 1.165) is 0 Å². The highest BCUT2D eigenvalue weighted by Gasteiger charge is 2.43. The molecule has 0 unspecified atom stereocenters. The number of carbonyl (C=O) groups excluding carboxylic acids is 1. The third-order valence-electron chi connectivity index (χ3n) is 2.61. The van der Waals surface area contributed by atoms with Crippen molar-refractivity contribution in [3.8, 4) is 0 Å². The Morgan fingerprint density at radius 2 is 2.29 bits per heavy atom. The van der Waals surface area contributed by atoms with Crippen molar-refractivity contribution >= 4 is 11.9 Å². The van der Waals surface area contributed by atoms with Crippen molar-refractivity contribution in [3.05, 3.63) is 24.2 Å². The van der Waals surface area contributed by atoms with Crippen molar-refractivity contribution < 1.29 is 23.8 Å². The highest BCUT2D eigenvalue weighted by molar-refractivity contribution is 5.92. The molecule has 1 aromatic heterocycles. The molecular weight excluding hydrogens is 226 g/mol. The minimum atomic E-state index is -1.01. The monoisotopic (exact) mass is 239 g/mol. The first kappa shape index (κ1) is 11.7. The number of aliphatic carboxylic acids is 1. The molecule has 17 heavy (non-hydrogen) atoms. The molecule has 0 radical (unpaired) electrons. The Kier molecular flexibility index (Phi) is 2.89. The quantitative estimate of drug-likeness (QED) is 0.832. The molecule has 6 nitrogen and oxygen atoms in total. The number of ether oxygens (including phenoxy) is 1. The highest BCUT2D eigenvalue weighted by atomic mass is 16.5. The van der Waals surface area contributed by atoms with Gasteiger partial charge < -0.3 is 19.2 Å². The van der Waals surface area contributed by atoms with Crippen LogP contribution in [0.3, 0.4) is 0 Å². The number of amides is 1. The van der Waals surface area contributed by atoms with E-state index in [1.807, 2.05) is 0 Å². The fraction of sp³-hybridized carbons (Fsp3) is 0.455. The summed E-state index contributed by atoms with van der Waals surface area (Å²) in [6.07, 6.45) is 1.44. The van der Waals surface area contributed by atoms with Crippen LogP contribution in [0.4, 0.5) is 0 Å². The maximum Gasteiger partial charge on any atom is 0.329 e. The molecule has 2 heterocycles. The molecule has 1 aliphatic heterocycles. The van der Waals surface area contributed by atoms with E-state index in [1.54, 1.807) is 24.0 Å². The number of carboxylic acid groups (broad SMARTS) is 1. The Bertz CT molecular complexity index is 419. The maximum absolute atomic E-state index is 11.8. The van der Waals surface area contributed by atoms with E-state index in [4.69, 9.17) is 14.3 Å². The van der Waals surface area contributed by atoms with Gasteiger partial charge >= 0.3 is 5.97 Å². The van der Waals surface area contributed by atoms with Crippen LogP contribution in [0, 0.1) is 0 Å². The topological polar surface area (TPSA) is 80.0 Å². The van der Waals surface area contributed by atoms with E-state index in [9.17, 15) is 9.59 Å². The molecule has 1 fully saturated rings. The summed E-state index contributed by atoms with van der Waals surface area (Å²) in [5.74, 6) is -0.932. The number of hydrogen-bond acceptors (Lipinski definition) is 4. The fourth-order valence-corrected chi connectivity index (χ4v) is 1.79. The molecule has 0 aromatic carbocycles. The third kappa shape index (κ3) is 2.47. The van der Waals surface area contributed by atoms with E-state index in [0.29, 0.717) is 13.1 Å². The Morgan fingerprint density at radius 3 is 2.82 bits per heavy atom. The lowest BCUT2D eigenvalue weighted by atomic mass is 9.96. The van der Waals surface area contributed by atoms with Gasteiger partial charge in [0.25, 0.3) is 5.91 Å². The minimum Gasteiger partial charge on any atom is -0.480 e. The van der Waals surface area contributed by atoms with E-state index < -0.39 is 11.6 Å². The number of nitrogens with zero attached hydrogens (tertiary/aromatic N) is 1. The first-order valence-corrected chi connectivity index (χ1v) is 5.19. The average molecular weight is 239 g/mol. The molecule has 0 saturated carbocycles. The van der Waals surface area contributed by atoms with Crippen LogP contribution in [0.5, 0.6) is 0 Å². The zero-order chi connectivity index (χ0) is 12.5. The number of likely N-dealkylation sites (tertiary alicyclic amines) is 1. The zero-order valence-electron chi connectivity index (χ0n) is 9.38. The largest absolute Gasteiger partial charge is 0.480 e. The van der Waals surface area contributed by atoms with E-state index in [1.165, 1.54) is 6.26 Å². The summed E-state index contributed by atoms with van der Waals surface area (Å²) in [6.45, 7) is 2.18. The smallest absolute Gasteiger partial charge is 0.329 e. The lowest BCUT2D eigenvalue weighted by molar-refractivity contribution is -0.160. The van der Waals surface area contributed by atoms with Gasteiger partial charge in [-0.05, 0) is 19.1 Å². The van der Waals surface area contributed by atoms with Crippen molar-refractivity contribution in [2.45, 2.75) is 12.5 Å². The standard InChI is InChI=1S/C11H13NO5/c1-11(17-5-9(13)14)6-12(7-11)10(15)8-3-2-4-16-8/h2-4H,5-7H2,1H3,(H,13,14). The number of carboxylic acids is 1. The molecule has 0 aliphatic carbocycles. The summed E-state index contributed by atoms with van der Waals surface area (Å²) in [5.41, 5.74) is -0.569. The molecule has 1 amide bonds. The summed E-state index contributed by atoms with van der Waals surface area (Å²) in [5, 5.41) is 8.50. The molecule has 2 rings (SSSR count). The predicted octanol–water partition coefficient (Wildman–Crippen LogP) is 0.595. The summed E-state index contributed by atoms with van der Waals surface area (Å²) < 4.78 is 10.2. The Hall–Kier alpha value is -1.82. The number of carbonyl (C=O) groups is 2. The van der Waals surface area contributed by atoms with Gasteiger partial charge in [0.05, 0.1) is 19.4 Å².